The van der Waals surface area contributed by atoms with Crippen LogP contribution in [0.2, 0.25) is 0 Å². The van der Waals surface area contributed by atoms with Crippen molar-refractivity contribution in [1.82, 2.24) is 10.6 Å². The molecule has 108 valence electrons. The van der Waals surface area contributed by atoms with Gasteiger partial charge in [-0.1, -0.05) is 24.1 Å². The van der Waals surface area contributed by atoms with Crippen LogP contribution < -0.4 is 15.4 Å². The van der Waals surface area contributed by atoms with E-state index in [0.29, 0.717) is 19.0 Å². The number of aliphatic imine (C=N–C) groups is 1. The van der Waals surface area contributed by atoms with Gasteiger partial charge in [0.15, 0.2) is 5.96 Å². The maximum absolute atomic E-state index is 5.88. The number of para-hydroxylation sites is 1. The van der Waals surface area contributed by atoms with Gasteiger partial charge in [0.25, 0.3) is 0 Å². The van der Waals surface area contributed by atoms with Crippen LogP contribution in [0.25, 0.3) is 0 Å². The third kappa shape index (κ3) is 5.66. The highest BCUT2D eigenvalue weighted by molar-refractivity contribution is 5.79. The molecular weight excluding hydrogens is 250 g/mol. The highest BCUT2D eigenvalue weighted by Gasteiger charge is 2.06. The Hall–Kier alpha value is -2.15. The molecule has 0 saturated carbocycles. The second-order valence-corrected chi connectivity index (χ2v) is 4.47. The Balaban J connectivity index is 2.53. The van der Waals surface area contributed by atoms with Crippen LogP contribution >= 0.6 is 0 Å². The molecule has 1 atom stereocenters. The van der Waals surface area contributed by atoms with E-state index in [1.807, 2.05) is 45.0 Å². The fourth-order valence-corrected chi connectivity index (χ4v) is 1.64. The summed E-state index contributed by atoms with van der Waals surface area (Å²) in [7, 11) is 0. The van der Waals surface area contributed by atoms with E-state index in [1.54, 1.807) is 0 Å². The SMILES string of the molecule is C#CCNC(=NCC(C)Oc1ccccc1C)NCC. The lowest BCUT2D eigenvalue weighted by Gasteiger charge is -2.15. The summed E-state index contributed by atoms with van der Waals surface area (Å²) in [5.41, 5.74) is 1.13. The third-order valence-electron chi connectivity index (χ3n) is 2.63. The molecule has 1 rings (SSSR count). The molecule has 0 heterocycles. The van der Waals surface area contributed by atoms with Crippen LogP contribution in [0.3, 0.4) is 0 Å². The zero-order valence-corrected chi connectivity index (χ0v) is 12.4. The van der Waals surface area contributed by atoms with E-state index in [2.05, 4.69) is 21.5 Å². The predicted octanol–water partition coefficient (Wildman–Crippen LogP) is 1.95. The molecular formula is C16H23N3O. The van der Waals surface area contributed by atoms with Crippen LogP contribution in [-0.4, -0.2) is 31.7 Å². The number of aryl methyl sites for hydroxylation is 1. The highest BCUT2D eigenvalue weighted by atomic mass is 16.5. The fraction of sp³-hybridized carbons (Fsp3) is 0.438. The Morgan fingerprint density at radius 2 is 2.15 bits per heavy atom. The summed E-state index contributed by atoms with van der Waals surface area (Å²) >= 11 is 0. The molecule has 0 aliphatic rings. The van der Waals surface area contributed by atoms with Crippen LogP contribution in [0.15, 0.2) is 29.3 Å². The van der Waals surface area contributed by atoms with Crippen LogP contribution in [0.5, 0.6) is 5.75 Å². The van der Waals surface area contributed by atoms with Gasteiger partial charge in [-0.05, 0) is 32.4 Å². The number of hydrogen-bond acceptors (Lipinski definition) is 2. The molecule has 4 heteroatoms. The van der Waals surface area contributed by atoms with Crippen molar-refractivity contribution in [3.05, 3.63) is 29.8 Å². The monoisotopic (exact) mass is 273 g/mol. The molecule has 0 spiro atoms. The summed E-state index contributed by atoms with van der Waals surface area (Å²) in [4.78, 5) is 4.45. The van der Waals surface area contributed by atoms with Gasteiger partial charge in [0.2, 0.25) is 0 Å². The summed E-state index contributed by atoms with van der Waals surface area (Å²) in [6.07, 6.45) is 5.23. The van der Waals surface area contributed by atoms with Crippen LogP contribution in [-0.2, 0) is 0 Å². The first-order valence-corrected chi connectivity index (χ1v) is 6.85. The number of nitrogens with zero attached hydrogens (tertiary/aromatic N) is 1. The van der Waals surface area contributed by atoms with E-state index in [-0.39, 0.29) is 6.10 Å². The molecule has 0 fully saturated rings. The topological polar surface area (TPSA) is 45.7 Å². The number of ether oxygens (including phenoxy) is 1. The number of hydrogen-bond donors (Lipinski definition) is 2. The summed E-state index contributed by atoms with van der Waals surface area (Å²) in [5.74, 6) is 4.14. The van der Waals surface area contributed by atoms with Crippen molar-refractivity contribution in [2.24, 2.45) is 4.99 Å². The average molecular weight is 273 g/mol. The Kier molecular flexibility index (Phi) is 7.05. The minimum atomic E-state index is -0.00241. The lowest BCUT2D eigenvalue weighted by Crippen LogP contribution is -2.38. The van der Waals surface area contributed by atoms with Gasteiger partial charge >= 0.3 is 0 Å². The van der Waals surface area contributed by atoms with Crippen molar-refractivity contribution in [3.63, 3.8) is 0 Å². The van der Waals surface area contributed by atoms with Crippen molar-refractivity contribution in [3.8, 4) is 18.1 Å². The molecule has 1 unspecified atom stereocenters. The molecule has 1 aromatic carbocycles. The Morgan fingerprint density at radius 3 is 2.80 bits per heavy atom. The van der Waals surface area contributed by atoms with Crippen molar-refractivity contribution in [2.75, 3.05) is 19.6 Å². The molecule has 2 N–H and O–H groups in total. The molecule has 0 aliphatic heterocycles. The van der Waals surface area contributed by atoms with Gasteiger partial charge < -0.3 is 15.4 Å². The number of rotatable bonds is 6. The lowest BCUT2D eigenvalue weighted by molar-refractivity contribution is 0.228. The first kappa shape index (κ1) is 15.9. The number of nitrogens with one attached hydrogen (secondary N) is 2. The predicted molar refractivity (Wildman–Crippen MR) is 84.1 cm³/mol. The van der Waals surface area contributed by atoms with E-state index in [9.17, 15) is 0 Å². The van der Waals surface area contributed by atoms with E-state index in [1.165, 1.54) is 0 Å². The van der Waals surface area contributed by atoms with E-state index < -0.39 is 0 Å². The van der Waals surface area contributed by atoms with E-state index >= 15 is 0 Å². The molecule has 20 heavy (non-hydrogen) atoms. The van der Waals surface area contributed by atoms with Crippen molar-refractivity contribution in [2.45, 2.75) is 26.9 Å². The van der Waals surface area contributed by atoms with Gasteiger partial charge in [-0.3, -0.25) is 0 Å². The van der Waals surface area contributed by atoms with Crippen molar-refractivity contribution >= 4 is 5.96 Å². The van der Waals surface area contributed by atoms with Gasteiger partial charge in [0.1, 0.15) is 11.9 Å². The minimum Gasteiger partial charge on any atom is -0.489 e. The van der Waals surface area contributed by atoms with E-state index in [0.717, 1.165) is 17.9 Å². The molecule has 4 nitrogen and oxygen atoms in total. The molecule has 0 radical (unpaired) electrons. The van der Waals surface area contributed by atoms with E-state index in [4.69, 9.17) is 11.2 Å². The fourth-order valence-electron chi connectivity index (χ4n) is 1.64. The lowest BCUT2D eigenvalue weighted by atomic mass is 10.2. The van der Waals surface area contributed by atoms with Crippen molar-refractivity contribution in [1.29, 1.82) is 0 Å². The Morgan fingerprint density at radius 1 is 1.40 bits per heavy atom. The van der Waals surface area contributed by atoms with Gasteiger partial charge in [0.05, 0.1) is 13.1 Å². The molecule has 1 aromatic rings. The first-order valence-electron chi connectivity index (χ1n) is 6.85. The maximum atomic E-state index is 5.88. The van der Waals surface area contributed by atoms with Gasteiger partial charge in [-0.2, -0.15) is 0 Å². The quantitative estimate of drug-likeness (QED) is 0.473. The third-order valence-corrected chi connectivity index (χ3v) is 2.63. The molecule has 0 saturated heterocycles. The Labute approximate surface area is 121 Å². The standard InChI is InChI=1S/C16H23N3O/c1-5-11-18-16(17-6-2)19-12-14(4)20-15-10-8-7-9-13(15)3/h1,7-10,14H,6,11-12H2,2-4H3,(H2,17,18,19). The normalized spacial score (nSPS) is 12.4. The number of benzene rings is 1. The molecule has 0 bridgehead atoms. The van der Waals surface area contributed by atoms with Gasteiger partial charge in [-0.25, -0.2) is 4.99 Å². The van der Waals surface area contributed by atoms with Gasteiger partial charge in [0, 0.05) is 6.54 Å². The second-order valence-electron chi connectivity index (χ2n) is 4.47. The summed E-state index contributed by atoms with van der Waals surface area (Å²) in [6, 6.07) is 7.97. The number of guanidine groups is 1. The zero-order valence-electron chi connectivity index (χ0n) is 12.4. The summed E-state index contributed by atoms with van der Waals surface area (Å²) < 4.78 is 5.88. The first-order chi connectivity index (χ1) is 9.67. The van der Waals surface area contributed by atoms with Crippen molar-refractivity contribution < 1.29 is 4.74 Å². The minimum absolute atomic E-state index is 0.00241. The largest absolute Gasteiger partial charge is 0.489 e. The van der Waals surface area contributed by atoms with Crippen LogP contribution in [0, 0.1) is 19.3 Å². The molecule has 0 aliphatic carbocycles. The van der Waals surface area contributed by atoms with Crippen LogP contribution in [0.1, 0.15) is 19.4 Å². The smallest absolute Gasteiger partial charge is 0.192 e. The highest BCUT2D eigenvalue weighted by Crippen LogP contribution is 2.17. The Bertz CT molecular complexity index is 477. The molecule has 0 amide bonds. The summed E-state index contributed by atoms with van der Waals surface area (Å²) in [6.45, 7) is 7.86. The zero-order chi connectivity index (χ0) is 14.8. The number of terminal acetylenes is 1. The molecule has 0 aromatic heterocycles. The van der Waals surface area contributed by atoms with Gasteiger partial charge in [-0.15, -0.1) is 6.42 Å². The maximum Gasteiger partial charge on any atom is 0.192 e. The van der Waals surface area contributed by atoms with Crippen LogP contribution in [0.4, 0.5) is 0 Å². The average Bonchev–Trinajstić information content (AvgIpc) is 2.44. The summed E-state index contributed by atoms with van der Waals surface area (Å²) in [5, 5.41) is 6.18. The second kappa shape index (κ2) is 8.87.